The Morgan fingerprint density at radius 2 is 2.00 bits per heavy atom. The van der Waals surface area contributed by atoms with E-state index in [0.717, 1.165) is 63.7 Å². The summed E-state index contributed by atoms with van der Waals surface area (Å²) in [6, 6.07) is 4.75. The SMILES string of the molecule is CC1(C)C[C@H](NC2CCOCC2)[C@]2(CCC(=O)NCc3cccnc3)CC[C@@](C)(O)C[C@@H]12. The highest BCUT2D eigenvalue weighted by atomic mass is 16.5. The number of fused-ring (bicyclic) bond motifs is 1. The van der Waals surface area contributed by atoms with Crippen LogP contribution in [0.2, 0.25) is 0 Å². The molecular formula is C26H41N3O3. The van der Waals surface area contributed by atoms with Crippen LogP contribution < -0.4 is 10.6 Å². The molecule has 178 valence electrons. The standard InChI is InChI=1S/C26H41N3O3/c1-24(2)16-22(29-20-7-13-32-14-8-20)26(11-10-25(3,31)15-21(24)26)9-6-23(30)28-18-19-5-4-12-27-17-19/h4-5,12,17,20-22,29,31H,6-11,13-16,18H2,1-3H3,(H,28,30)/t21-,22-,25+,26+/m0/s1. The smallest absolute Gasteiger partial charge is 0.220 e. The second-order valence-corrected chi connectivity index (χ2v) is 11.4. The van der Waals surface area contributed by atoms with Gasteiger partial charge in [0.25, 0.3) is 0 Å². The summed E-state index contributed by atoms with van der Waals surface area (Å²) in [5, 5.41) is 18.0. The lowest BCUT2D eigenvalue weighted by atomic mass is 9.57. The summed E-state index contributed by atoms with van der Waals surface area (Å²) in [4.78, 5) is 16.9. The summed E-state index contributed by atoms with van der Waals surface area (Å²) in [6.45, 7) is 8.90. The molecule has 0 spiro atoms. The largest absolute Gasteiger partial charge is 0.390 e. The minimum Gasteiger partial charge on any atom is -0.390 e. The number of nitrogens with one attached hydrogen (secondary N) is 2. The normalized spacial score (nSPS) is 34.8. The van der Waals surface area contributed by atoms with E-state index in [9.17, 15) is 9.90 Å². The van der Waals surface area contributed by atoms with Crippen LogP contribution in [0.4, 0.5) is 0 Å². The van der Waals surface area contributed by atoms with Crippen molar-refractivity contribution >= 4 is 5.91 Å². The Balaban J connectivity index is 1.47. The van der Waals surface area contributed by atoms with Crippen LogP contribution in [0.5, 0.6) is 0 Å². The van der Waals surface area contributed by atoms with E-state index in [4.69, 9.17) is 4.74 Å². The van der Waals surface area contributed by atoms with Gasteiger partial charge in [-0.05, 0) is 80.2 Å². The Morgan fingerprint density at radius 3 is 2.72 bits per heavy atom. The number of pyridine rings is 1. The first-order valence-electron chi connectivity index (χ1n) is 12.4. The Bertz CT molecular complexity index is 776. The van der Waals surface area contributed by atoms with Crippen LogP contribution >= 0.6 is 0 Å². The molecule has 3 N–H and O–H groups in total. The molecule has 6 nitrogen and oxygen atoms in total. The second kappa shape index (κ2) is 9.40. The predicted octanol–water partition coefficient (Wildman–Crippen LogP) is 3.58. The van der Waals surface area contributed by atoms with Crippen LogP contribution in [0.15, 0.2) is 24.5 Å². The molecule has 1 aromatic rings. The number of amides is 1. The number of aliphatic hydroxyl groups is 1. The van der Waals surface area contributed by atoms with E-state index in [1.807, 2.05) is 19.1 Å². The number of hydrogen-bond acceptors (Lipinski definition) is 5. The van der Waals surface area contributed by atoms with E-state index in [1.165, 1.54) is 0 Å². The number of ether oxygens (including phenoxy) is 1. The number of carbonyl (C=O) groups excluding carboxylic acids is 1. The van der Waals surface area contributed by atoms with Crippen molar-refractivity contribution in [2.75, 3.05) is 13.2 Å². The highest BCUT2D eigenvalue weighted by molar-refractivity contribution is 5.75. The summed E-state index contributed by atoms with van der Waals surface area (Å²) in [5.74, 6) is 0.510. The number of nitrogens with zero attached hydrogens (tertiary/aromatic N) is 1. The predicted molar refractivity (Wildman–Crippen MR) is 125 cm³/mol. The molecule has 0 bridgehead atoms. The van der Waals surface area contributed by atoms with E-state index in [2.05, 4.69) is 29.5 Å². The third kappa shape index (κ3) is 5.18. The zero-order chi connectivity index (χ0) is 22.8. The molecule has 0 unspecified atom stereocenters. The summed E-state index contributed by atoms with van der Waals surface area (Å²) in [6.07, 6.45) is 10.8. The third-order valence-corrected chi connectivity index (χ3v) is 8.52. The Hall–Kier alpha value is -1.50. The average Bonchev–Trinajstić information content (AvgIpc) is 2.98. The van der Waals surface area contributed by atoms with Crippen LogP contribution in [-0.4, -0.2) is 46.9 Å². The van der Waals surface area contributed by atoms with Crippen LogP contribution in [0.3, 0.4) is 0 Å². The van der Waals surface area contributed by atoms with Gasteiger partial charge < -0.3 is 20.5 Å². The van der Waals surface area contributed by atoms with E-state index in [-0.39, 0.29) is 16.7 Å². The molecule has 1 aliphatic heterocycles. The van der Waals surface area contributed by atoms with Gasteiger partial charge in [0.1, 0.15) is 0 Å². The van der Waals surface area contributed by atoms with Crippen molar-refractivity contribution in [3.8, 4) is 0 Å². The molecular weight excluding hydrogens is 402 g/mol. The van der Waals surface area contributed by atoms with Crippen LogP contribution in [0.25, 0.3) is 0 Å². The molecule has 32 heavy (non-hydrogen) atoms. The molecule has 0 radical (unpaired) electrons. The number of hydrogen-bond donors (Lipinski definition) is 3. The van der Waals surface area contributed by atoms with Crippen molar-refractivity contribution in [2.24, 2.45) is 16.7 Å². The Morgan fingerprint density at radius 1 is 1.22 bits per heavy atom. The van der Waals surface area contributed by atoms with Crippen LogP contribution in [0, 0.1) is 16.7 Å². The zero-order valence-electron chi connectivity index (χ0n) is 20.0. The summed E-state index contributed by atoms with van der Waals surface area (Å²) in [5.41, 5.74) is 0.600. The molecule has 2 saturated carbocycles. The summed E-state index contributed by atoms with van der Waals surface area (Å²) in [7, 11) is 0. The van der Waals surface area contributed by atoms with Crippen molar-refractivity contribution in [1.82, 2.24) is 15.6 Å². The molecule has 1 amide bonds. The fourth-order valence-electron chi connectivity index (χ4n) is 6.75. The van der Waals surface area contributed by atoms with Crippen molar-refractivity contribution in [2.45, 2.75) is 96.4 Å². The van der Waals surface area contributed by atoms with Gasteiger partial charge in [-0.3, -0.25) is 9.78 Å². The van der Waals surface area contributed by atoms with Crippen LogP contribution in [-0.2, 0) is 16.1 Å². The minimum absolute atomic E-state index is 0.0513. The topological polar surface area (TPSA) is 83.5 Å². The molecule has 4 atom stereocenters. The number of aromatic nitrogens is 1. The van der Waals surface area contributed by atoms with Crippen molar-refractivity contribution in [3.05, 3.63) is 30.1 Å². The van der Waals surface area contributed by atoms with Crippen molar-refractivity contribution in [3.63, 3.8) is 0 Å². The highest BCUT2D eigenvalue weighted by Crippen LogP contribution is 2.64. The fraction of sp³-hybridized carbons (Fsp3) is 0.769. The molecule has 3 aliphatic rings. The fourth-order valence-corrected chi connectivity index (χ4v) is 6.75. The van der Waals surface area contributed by atoms with E-state index in [1.54, 1.807) is 12.4 Å². The van der Waals surface area contributed by atoms with Crippen molar-refractivity contribution in [1.29, 1.82) is 0 Å². The number of carbonyl (C=O) groups is 1. The van der Waals surface area contributed by atoms with Gasteiger partial charge in [0, 0.05) is 50.7 Å². The van der Waals surface area contributed by atoms with Gasteiger partial charge in [0.05, 0.1) is 5.60 Å². The van der Waals surface area contributed by atoms with Gasteiger partial charge in [-0.25, -0.2) is 0 Å². The Labute approximate surface area is 192 Å². The maximum Gasteiger partial charge on any atom is 0.220 e. The molecule has 6 heteroatoms. The Kier molecular flexibility index (Phi) is 6.94. The van der Waals surface area contributed by atoms with Crippen molar-refractivity contribution < 1.29 is 14.6 Å². The maximum absolute atomic E-state index is 12.8. The average molecular weight is 444 g/mol. The lowest BCUT2D eigenvalue weighted by Gasteiger charge is -2.51. The summed E-state index contributed by atoms with van der Waals surface area (Å²) >= 11 is 0. The van der Waals surface area contributed by atoms with Crippen LogP contribution in [0.1, 0.15) is 77.7 Å². The monoisotopic (exact) mass is 443 g/mol. The molecule has 2 heterocycles. The van der Waals surface area contributed by atoms with E-state index in [0.29, 0.717) is 31.0 Å². The molecule has 2 aliphatic carbocycles. The zero-order valence-corrected chi connectivity index (χ0v) is 20.0. The van der Waals surface area contributed by atoms with Gasteiger partial charge in [-0.2, -0.15) is 0 Å². The first kappa shape index (κ1) is 23.7. The number of rotatable bonds is 7. The first-order valence-corrected chi connectivity index (χ1v) is 12.4. The lowest BCUT2D eigenvalue weighted by molar-refractivity contribution is -0.123. The van der Waals surface area contributed by atoms with E-state index >= 15 is 0 Å². The third-order valence-electron chi connectivity index (χ3n) is 8.52. The quantitative estimate of drug-likeness (QED) is 0.600. The molecule has 4 rings (SSSR count). The maximum atomic E-state index is 12.8. The van der Waals surface area contributed by atoms with Gasteiger partial charge in [-0.1, -0.05) is 19.9 Å². The van der Waals surface area contributed by atoms with Gasteiger partial charge in [0.15, 0.2) is 0 Å². The molecule has 3 fully saturated rings. The van der Waals surface area contributed by atoms with Gasteiger partial charge in [0.2, 0.25) is 5.91 Å². The first-order chi connectivity index (χ1) is 15.2. The van der Waals surface area contributed by atoms with Gasteiger partial charge >= 0.3 is 0 Å². The second-order valence-electron chi connectivity index (χ2n) is 11.4. The van der Waals surface area contributed by atoms with Gasteiger partial charge in [-0.15, -0.1) is 0 Å². The molecule has 1 aromatic heterocycles. The molecule has 0 aromatic carbocycles. The minimum atomic E-state index is -0.610. The summed E-state index contributed by atoms with van der Waals surface area (Å²) < 4.78 is 5.58. The molecule has 1 saturated heterocycles. The lowest BCUT2D eigenvalue weighted by Crippen LogP contribution is -2.54. The van der Waals surface area contributed by atoms with E-state index < -0.39 is 5.60 Å². The highest BCUT2D eigenvalue weighted by Gasteiger charge is 2.61.